The maximum Gasteiger partial charge on any atom is 0.175 e. The van der Waals surface area contributed by atoms with Crippen molar-refractivity contribution in [2.75, 3.05) is 6.26 Å². The molecule has 0 bridgehead atoms. The quantitative estimate of drug-likeness (QED) is 0.856. The Morgan fingerprint density at radius 2 is 1.94 bits per heavy atom. The van der Waals surface area contributed by atoms with Crippen LogP contribution in [0, 0.1) is 0 Å². The van der Waals surface area contributed by atoms with E-state index in [1.165, 1.54) is 6.07 Å². The monoisotopic (exact) mass is 338 g/mol. The van der Waals surface area contributed by atoms with E-state index in [1.54, 1.807) is 6.07 Å². The Hall–Kier alpha value is -0.460. The minimum absolute atomic E-state index is 0.0124. The van der Waals surface area contributed by atoms with Crippen LogP contribution in [0.2, 0.25) is 0 Å². The molecule has 1 N–H and O–H groups in total. The smallest absolute Gasteiger partial charge is 0.175 e. The largest absolute Gasteiger partial charge is 0.385 e. The number of fused-ring (bicyclic) bond motifs is 1. The minimum atomic E-state index is -3.45. The Kier molecular flexibility index (Phi) is 4.91. The highest BCUT2D eigenvalue weighted by molar-refractivity contribution is 9.10. The van der Waals surface area contributed by atoms with E-state index in [2.05, 4.69) is 15.9 Å². The minimum Gasteiger partial charge on any atom is -0.385 e. The molecular formula is C12H16BrFO3S. The van der Waals surface area contributed by atoms with Gasteiger partial charge in [-0.2, -0.15) is 0 Å². The summed E-state index contributed by atoms with van der Waals surface area (Å²) < 4.78 is 37.0. The van der Waals surface area contributed by atoms with Gasteiger partial charge in [0.15, 0.2) is 9.84 Å². The fourth-order valence-corrected chi connectivity index (χ4v) is 3.43. The topological polar surface area (TPSA) is 54.4 Å². The number of halogens is 2. The number of hydrogen-bond donors (Lipinski definition) is 1. The van der Waals surface area contributed by atoms with Crippen LogP contribution in [0.5, 0.6) is 0 Å². The Bertz CT molecular complexity index is 542. The molecule has 0 aromatic heterocycles. The van der Waals surface area contributed by atoms with Gasteiger partial charge in [0.05, 0.1) is 4.90 Å². The zero-order valence-electron chi connectivity index (χ0n) is 10.4. The molecule has 0 aliphatic heterocycles. The van der Waals surface area contributed by atoms with Gasteiger partial charge in [0.2, 0.25) is 0 Å². The number of alkyl halides is 1. The average molecular weight is 339 g/mol. The van der Waals surface area contributed by atoms with Gasteiger partial charge in [-0.15, -0.1) is 0 Å². The summed E-state index contributed by atoms with van der Waals surface area (Å²) in [6.45, 7) is 4.00. The lowest BCUT2D eigenvalue weighted by molar-refractivity contribution is 0.0907. The van der Waals surface area contributed by atoms with Gasteiger partial charge in [0.25, 0.3) is 0 Å². The predicted molar refractivity (Wildman–Crippen MR) is 72.2 cm³/mol. The molecule has 0 spiro atoms. The number of benzene rings is 1. The number of sulfone groups is 1. The van der Waals surface area contributed by atoms with Crippen LogP contribution < -0.4 is 0 Å². The number of hydrogen-bond acceptors (Lipinski definition) is 3. The number of aliphatic hydroxyl groups is 1. The van der Waals surface area contributed by atoms with E-state index < -0.39 is 22.1 Å². The van der Waals surface area contributed by atoms with E-state index in [1.807, 2.05) is 13.8 Å². The van der Waals surface area contributed by atoms with Gasteiger partial charge in [-0.25, -0.2) is 12.8 Å². The van der Waals surface area contributed by atoms with Crippen molar-refractivity contribution >= 4 is 25.8 Å². The molecule has 2 rings (SSSR count). The van der Waals surface area contributed by atoms with Gasteiger partial charge in [-0.05, 0) is 17.7 Å². The number of rotatable bonds is 1. The normalized spacial score (nSPS) is 22.1. The Labute approximate surface area is 115 Å². The molecule has 1 aromatic rings. The van der Waals surface area contributed by atoms with Crippen molar-refractivity contribution in [1.29, 1.82) is 0 Å². The maximum absolute atomic E-state index is 13.4. The summed E-state index contributed by atoms with van der Waals surface area (Å²) in [7, 11) is -3.45. The first-order valence-corrected chi connectivity index (χ1v) is 8.34. The molecule has 1 aliphatic rings. The van der Waals surface area contributed by atoms with Crippen molar-refractivity contribution in [3.8, 4) is 0 Å². The Morgan fingerprint density at radius 3 is 2.44 bits per heavy atom. The zero-order valence-corrected chi connectivity index (χ0v) is 12.8. The van der Waals surface area contributed by atoms with Gasteiger partial charge in [-0.1, -0.05) is 29.8 Å². The maximum atomic E-state index is 13.4. The molecule has 2 atom stereocenters. The third-order valence-electron chi connectivity index (χ3n) is 2.70. The van der Waals surface area contributed by atoms with Crippen LogP contribution in [-0.4, -0.2) is 26.0 Å². The highest BCUT2D eigenvalue weighted by Crippen LogP contribution is 2.41. The van der Waals surface area contributed by atoms with Crippen molar-refractivity contribution in [2.24, 2.45) is 0 Å². The van der Waals surface area contributed by atoms with E-state index in [-0.39, 0.29) is 16.9 Å². The Morgan fingerprint density at radius 1 is 1.39 bits per heavy atom. The summed E-state index contributed by atoms with van der Waals surface area (Å²) >= 11 is 3.23. The summed E-state index contributed by atoms with van der Waals surface area (Å²) in [5.74, 6) is 0. The SMILES string of the molecule is CC.CS(=O)(=O)c1ccc(Br)c2c1C(O)C(F)C2. The van der Waals surface area contributed by atoms with Crippen molar-refractivity contribution in [3.05, 3.63) is 27.7 Å². The van der Waals surface area contributed by atoms with Crippen LogP contribution in [0.1, 0.15) is 31.1 Å². The molecule has 1 aliphatic carbocycles. The van der Waals surface area contributed by atoms with Gasteiger partial charge >= 0.3 is 0 Å². The molecule has 0 saturated heterocycles. The van der Waals surface area contributed by atoms with Crippen LogP contribution >= 0.6 is 15.9 Å². The molecule has 0 amide bonds. The summed E-state index contributed by atoms with van der Waals surface area (Å²) in [6.07, 6.45) is -1.69. The van der Waals surface area contributed by atoms with Crippen LogP contribution in [0.25, 0.3) is 0 Å². The second-order valence-electron chi connectivity index (χ2n) is 3.87. The molecule has 18 heavy (non-hydrogen) atoms. The van der Waals surface area contributed by atoms with Gasteiger partial charge in [0.1, 0.15) is 12.3 Å². The lowest BCUT2D eigenvalue weighted by atomic mass is 10.1. The second kappa shape index (κ2) is 5.67. The molecule has 0 saturated carbocycles. The summed E-state index contributed by atoms with van der Waals surface area (Å²) in [5, 5.41) is 9.66. The molecule has 2 unspecified atom stereocenters. The summed E-state index contributed by atoms with van der Waals surface area (Å²) in [6, 6.07) is 2.96. The van der Waals surface area contributed by atoms with Crippen molar-refractivity contribution < 1.29 is 17.9 Å². The molecule has 3 nitrogen and oxygen atoms in total. The molecule has 1 aromatic carbocycles. The highest BCUT2D eigenvalue weighted by Gasteiger charge is 2.36. The average Bonchev–Trinajstić information content (AvgIpc) is 2.59. The summed E-state index contributed by atoms with van der Waals surface area (Å²) in [5.41, 5.74) is 0.743. The second-order valence-corrected chi connectivity index (χ2v) is 6.71. The van der Waals surface area contributed by atoms with Gasteiger partial charge in [-0.3, -0.25) is 0 Å². The summed E-state index contributed by atoms with van der Waals surface area (Å²) in [4.78, 5) is 0.0124. The molecular weight excluding hydrogens is 323 g/mol. The van der Waals surface area contributed by atoms with Crippen molar-refractivity contribution in [2.45, 2.75) is 37.4 Å². The number of aliphatic hydroxyl groups excluding tert-OH is 1. The Balaban J connectivity index is 0.000000771. The fraction of sp³-hybridized carbons (Fsp3) is 0.500. The van der Waals surface area contributed by atoms with Crippen LogP contribution in [0.4, 0.5) is 4.39 Å². The van der Waals surface area contributed by atoms with Crippen LogP contribution in [0.15, 0.2) is 21.5 Å². The predicted octanol–water partition coefficient (Wildman–Crippen LogP) is 2.81. The first-order valence-electron chi connectivity index (χ1n) is 5.66. The van der Waals surface area contributed by atoms with E-state index in [4.69, 9.17) is 0 Å². The van der Waals surface area contributed by atoms with E-state index in [9.17, 15) is 17.9 Å². The van der Waals surface area contributed by atoms with Crippen molar-refractivity contribution in [1.82, 2.24) is 0 Å². The third-order valence-corrected chi connectivity index (χ3v) is 4.59. The molecule has 0 radical (unpaired) electrons. The first kappa shape index (κ1) is 15.6. The van der Waals surface area contributed by atoms with Crippen LogP contribution in [0.3, 0.4) is 0 Å². The molecule has 0 heterocycles. The van der Waals surface area contributed by atoms with E-state index >= 15 is 0 Å². The fourth-order valence-electron chi connectivity index (χ4n) is 1.96. The molecule has 102 valence electrons. The van der Waals surface area contributed by atoms with Gasteiger partial charge < -0.3 is 5.11 Å². The van der Waals surface area contributed by atoms with Gasteiger partial charge in [0, 0.05) is 22.7 Å². The van der Waals surface area contributed by atoms with E-state index in [0.717, 1.165) is 6.26 Å². The third kappa shape index (κ3) is 2.75. The van der Waals surface area contributed by atoms with Crippen LogP contribution in [-0.2, 0) is 16.3 Å². The molecule has 0 fully saturated rings. The van der Waals surface area contributed by atoms with E-state index in [0.29, 0.717) is 10.0 Å². The lowest BCUT2D eigenvalue weighted by Crippen LogP contribution is -2.10. The highest BCUT2D eigenvalue weighted by atomic mass is 79.9. The lowest BCUT2D eigenvalue weighted by Gasteiger charge is -2.11. The zero-order chi connectivity index (χ0) is 14.1. The first-order chi connectivity index (χ1) is 8.32. The standard InChI is InChI=1S/C10H10BrFO3S.C2H6/c1-16(14,15)8-3-2-6(11)5-4-7(12)10(13)9(5)8;1-2/h2-3,7,10,13H,4H2,1H3;1-2H3. The van der Waals surface area contributed by atoms with Crippen molar-refractivity contribution in [3.63, 3.8) is 0 Å². The molecule has 6 heteroatoms.